The molecule has 0 aliphatic carbocycles. The van der Waals surface area contributed by atoms with E-state index in [2.05, 4.69) is 0 Å². The van der Waals surface area contributed by atoms with Crippen LogP contribution in [0.3, 0.4) is 0 Å². The predicted octanol–water partition coefficient (Wildman–Crippen LogP) is 4.33. The van der Waals surface area contributed by atoms with Crippen LogP contribution in [0.4, 0.5) is 39.5 Å². The van der Waals surface area contributed by atoms with E-state index in [-0.39, 0.29) is 99.7 Å². The first-order chi connectivity index (χ1) is 19.2. The van der Waals surface area contributed by atoms with Gasteiger partial charge in [0.05, 0.1) is 0 Å². The molecule has 0 bridgehead atoms. The van der Waals surface area contributed by atoms with E-state index in [4.69, 9.17) is 0 Å². The molecule has 9 nitrogen and oxygen atoms in total. The molecule has 3 aromatic rings. The zero-order valence-corrected chi connectivity index (χ0v) is 26.8. The van der Waals surface area contributed by atoms with Gasteiger partial charge in [0, 0.05) is 17.3 Å². The van der Waals surface area contributed by atoms with Crippen LogP contribution in [-0.4, -0.2) is 69.7 Å². The minimum atomic E-state index is -4.98. The van der Waals surface area contributed by atoms with Gasteiger partial charge in [0.15, 0.2) is 17.3 Å². The number of thiophene rings is 3. The smallest absolute Gasteiger partial charge is 0.412 e. The number of rotatable bonds is 9. The van der Waals surface area contributed by atoms with Crippen molar-refractivity contribution >= 4 is 68.7 Å². The Bertz CT molecular complexity index is 1200. The third-order valence-corrected chi connectivity index (χ3v) is 6.57. The molecule has 6 N–H and O–H groups in total. The van der Waals surface area contributed by atoms with E-state index in [0.29, 0.717) is 0 Å². The van der Waals surface area contributed by atoms with E-state index < -0.39 is 53.2 Å². The largest absolute Gasteiger partial charge is 3.00 e. The molecule has 46 heavy (non-hydrogen) atoms. The van der Waals surface area contributed by atoms with Gasteiger partial charge in [0.1, 0.15) is 0 Å². The summed E-state index contributed by atoms with van der Waals surface area (Å²) >= 11 is 2.95. The van der Waals surface area contributed by atoms with Gasteiger partial charge >= 0.3 is 67.9 Å². The molecule has 0 unspecified atom stereocenters. The molecule has 3 rings (SSSR count). The normalized spacial score (nSPS) is 10.1. The minimum absolute atomic E-state index is 0. The van der Waals surface area contributed by atoms with Crippen LogP contribution in [0.1, 0.15) is 29.0 Å². The maximum Gasteiger partial charge on any atom is 3.00 e. The van der Waals surface area contributed by atoms with Crippen LogP contribution in [0.25, 0.3) is 0 Å². The van der Waals surface area contributed by atoms with Gasteiger partial charge in [-0.3, -0.25) is 0 Å². The van der Waals surface area contributed by atoms with Gasteiger partial charge in [-0.1, -0.05) is 32.8 Å². The molecule has 0 fully saturated rings. The molecule has 3 heterocycles. The molecule has 3 aromatic heterocycles. The van der Waals surface area contributed by atoms with E-state index in [1.54, 1.807) is 16.1 Å². The van der Waals surface area contributed by atoms with Gasteiger partial charge < -0.3 is 45.2 Å². The Balaban J connectivity index is -0.000000276. The third kappa shape index (κ3) is 18.6. The molecule has 0 aliphatic heterocycles. The van der Waals surface area contributed by atoms with E-state index >= 15 is 0 Å². The minimum Gasteiger partial charge on any atom is -0.412 e. The molecule has 0 spiro atoms. The van der Waals surface area contributed by atoms with Crippen molar-refractivity contribution in [1.82, 2.24) is 0 Å². The summed E-state index contributed by atoms with van der Waals surface area (Å²) in [5.41, 5.74) is 0. The topological polar surface area (TPSA) is 197 Å². The number of hydrogen-bond acceptors (Lipinski definition) is 9. The van der Waals surface area contributed by atoms with E-state index in [1.807, 2.05) is 0 Å². The fourth-order valence-electron chi connectivity index (χ4n) is 2.07. The molecule has 0 saturated carbocycles. The van der Waals surface area contributed by atoms with Gasteiger partial charge in [-0.25, -0.2) is 34.0 Å². The van der Waals surface area contributed by atoms with E-state index in [9.17, 15) is 68.3 Å². The summed E-state index contributed by atoms with van der Waals surface area (Å²) in [5.74, 6) is -9.13. The molecule has 0 aromatic carbocycles. The Labute approximate surface area is 305 Å². The zero-order chi connectivity index (χ0) is 32.3. The molecule has 22 heteroatoms. The van der Waals surface area contributed by atoms with Crippen molar-refractivity contribution in [3.63, 3.8) is 0 Å². The van der Waals surface area contributed by atoms with E-state index in [0.717, 1.165) is 34.0 Å². The van der Waals surface area contributed by atoms with Crippen molar-refractivity contribution in [3.8, 4) is 0 Å². The first-order valence-electron chi connectivity index (χ1n) is 10.3. The van der Waals surface area contributed by atoms with Crippen LogP contribution >= 0.6 is 34.0 Å². The van der Waals surface area contributed by atoms with Crippen molar-refractivity contribution in [2.24, 2.45) is 0 Å². The molecule has 0 saturated heterocycles. The van der Waals surface area contributed by atoms with Gasteiger partial charge in [-0.2, -0.15) is 39.5 Å². The Morgan fingerprint density at radius 1 is 0.457 bits per heavy atom. The predicted molar refractivity (Wildman–Crippen MR) is 143 cm³/mol. The van der Waals surface area contributed by atoms with Crippen LogP contribution in [0.5, 0.6) is 0 Å². The Kier molecular flexibility index (Phi) is 24.3. The number of alkyl halides is 9. The second-order valence-electron chi connectivity index (χ2n) is 7.04. The van der Waals surface area contributed by atoms with Crippen molar-refractivity contribution in [1.29, 1.82) is 0 Å². The SMILES string of the molecule is O.O.O.O=C([CH-]C(=O)C(F)(F)F)c1cccs1.O=C([CH-]C(=O)C(F)(F)F)c1cccs1.O=C([CH-]C(=O)C(F)(F)F)c1cccs1.[Eu+3]. The maximum absolute atomic E-state index is 11.7. The average molecular weight is 870 g/mol. The second-order valence-corrected chi connectivity index (χ2v) is 9.89. The second kappa shape index (κ2) is 22.2. The number of carbonyl (C=O) groups is 6. The van der Waals surface area contributed by atoms with Crippen LogP contribution in [0, 0.1) is 68.6 Å². The summed E-state index contributed by atoms with van der Waals surface area (Å²) in [6, 6.07) is 8.62. The van der Waals surface area contributed by atoms with Gasteiger partial charge in [0.2, 0.25) is 0 Å². The first kappa shape index (κ1) is 50.4. The number of halogens is 9. The molecular weight excluding hydrogens is 851 g/mol. The summed E-state index contributed by atoms with van der Waals surface area (Å²) < 4.78 is 105. The fourth-order valence-corrected chi connectivity index (χ4v) is 3.98. The quantitative estimate of drug-likeness (QED) is 0.133. The number of hydrogen-bond donors (Lipinski definition) is 0. The number of Topliss-reactive ketones (excluding diaryl/α,β-unsaturated/α-hetero) is 6. The van der Waals surface area contributed by atoms with Crippen LogP contribution in [0.2, 0.25) is 0 Å². The van der Waals surface area contributed by atoms with Gasteiger partial charge in [-0.15, -0.1) is 37.5 Å². The molecule has 0 amide bonds. The van der Waals surface area contributed by atoms with Crippen molar-refractivity contribution < 1.29 is 134 Å². The molecule has 0 atom stereocenters. The van der Waals surface area contributed by atoms with Crippen LogP contribution in [-0.2, 0) is 14.4 Å². The Morgan fingerprint density at radius 3 is 0.783 bits per heavy atom. The fraction of sp³-hybridized carbons (Fsp3) is 0.125. The van der Waals surface area contributed by atoms with E-state index in [1.165, 1.54) is 36.4 Å². The maximum atomic E-state index is 11.7. The molecule has 0 radical (unpaired) electrons. The van der Waals surface area contributed by atoms with Crippen LogP contribution in [0.15, 0.2) is 52.5 Å². The summed E-state index contributed by atoms with van der Waals surface area (Å²) in [6.07, 6.45) is -14.8. The van der Waals surface area contributed by atoms with Crippen LogP contribution < -0.4 is 0 Å². The molecule has 0 aliphatic rings. The van der Waals surface area contributed by atoms with Crippen molar-refractivity contribution in [3.05, 3.63) is 86.4 Å². The van der Waals surface area contributed by atoms with Crippen molar-refractivity contribution in [2.75, 3.05) is 0 Å². The zero-order valence-electron chi connectivity index (χ0n) is 21.9. The Morgan fingerprint density at radius 2 is 0.652 bits per heavy atom. The number of carbonyl (C=O) groups excluding carboxylic acids is 6. The first-order valence-corrected chi connectivity index (χ1v) is 13.0. The third-order valence-electron chi connectivity index (χ3n) is 3.92. The summed E-state index contributed by atoms with van der Waals surface area (Å²) in [6.45, 7) is 0. The summed E-state index contributed by atoms with van der Waals surface area (Å²) in [7, 11) is 0. The van der Waals surface area contributed by atoms with Gasteiger partial charge in [0.25, 0.3) is 0 Å². The Hall–Kier alpha value is -2.44. The summed E-state index contributed by atoms with van der Waals surface area (Å²) in [4.78, 5) is 64.5. The molecular formula is C24H18EuF9O9S3. The average Bonchev–Trinajstić information content (AvgIpc) is 3.66. The standard InChI is InChI=1S/3C8H4F3O2S.Eu.3H2O/c3*9-8(10,11)7(13)4-5(12)6-2-1-3-14-6;;;;/h3*1-4H;;3*1H2/q3*-1;+3;;;. The summed E-state index contributed by atoms with van der Waals surface area (Å²) in [5, 5.41) is 4.62. The van der Waals surface area contributed by atoms with Crippen molar-refractivity contribution in [2.45, 2.75) is 18.5 Å². The monoisotopic (exact) mass is 870 g/mol. The van der Waals surface area contributed by atoms with Gasteiger partial charge in [-0.05, 0) is 16.1 Å². The number of ketones is 6. The molecule has 256 valence electrons.